The third-order valence-corrected chi connectivity index (χ3v) is 2.90. The summed E-state index contributed by atoms with van der Waals surface area (Å²) >= 11 is 5.92. The molecule has 2 rings (SSSR count). The normalized spacial score (nSPS) is 10.4. The third-order valence-electron chi connectivity index (χ3n) is 2.53. The van der Waals surface area contributed by atoms with Crippen LogP contribution < -0.4 is 11.3 Å². The SMILES string of the molecule is Cc1c(Cl)cnn1Cc1cccc(C(=O)NN)n1. The van der Waals surface area contributed by atoms with Gasteiger partial charge in [-0.2, -0.15) is 5.10 Å². The van der Waals surface area contributed by atoms with Crippen LogP contribution in [-0.4, -0.2) is 20.7 Å². The first-order chi connectivity index (χ1) is 8.61. The summed E-state index contributed by atoms with van der Waals surface area (Å²) < 4.78 is 1.72. The number of pyridine rings is 1. The van der Waals surface area contributed by atoms with Crippen LogP contribution in [0.5, 0.6) is 0 Å². The highest BCUT2D eigenvalue weighted by Gasteiger charge is 2.08. The number of nitrogens with one attached hydrogen (secondary N) is 1. The number of nitrogens with zero attached hydrogens (tertiary/aromatic N) is 3. The van der Waals surface area contributed by atoms with Gasteiger partial charge in [-0.25, -0.2) is 10.8 Å². The molecule has 0 spiro atoms. The number of rotatable bonds is 3. The van der Waals surface area contributed by atoms with Crippen LogP contribution in [-0.2, 0) is 6.54 Å². The molecule has 18 heavy (non-hydrogen) atoms. The second-order valence-electron chi connectivity index (χ2n) is 3.72. The van der Waals surface area contributed by atoms with Crippen molar-refractivity contribution < 1.29 is 4.79 Å². The van der Waals surface area contributed by atoms with E-state index in [0.717, 1.165) is 5.69 Å². The summed E-state index contributed by atoms with van der Waals surface area (Å²) in [5.41, 5.74) is 3.87. The number of hydrogen-bond donors (Lipinski definition) is 2. The van der Waals surface area contributed by atoms with E-state index in [4.69, 9.17) is 17.4 Å². The zero-order chi connectivity index (χ0) is 13.1. The Balaban J connectivity index is 2.24. The van der Waals surface area contributed by atoms with Gasteiger partial charge in [-0.15, -0.1) is 0 Å². The average molecular weight is 266 g/mol. The summed E-state index contributed by atoms with van der Waals surface area (Å²) in [5, 5.41) is 4.73. The summed E-state index contributed by atoms with van der Waals surface area (Å²) in [6.07, 6.45) is 1.58. The van der Waals surface area contributed by atoms with Gasteiger partial charge in [-0.05, 0) is 19.1 Å². The lowest BCUT2D eigenvalue weighted by atomic mass is 10.3. The van der Waals surface area contributed by atoms with Crippen LogP contribution in [0, 0.1) is 6.92 Å². The molecule has 6 nitrogen and oxygen atoms in total. The van der Waals surface area contributed by atoms with Crippen molar-refractivity contribution >= 4 is 17.5 Å². The number of carbonyl (C=O) groups excluding carboxylic acids is 1. The molecule has 0 aliphatic rings. The number of hydrogen-bond acceptors (Lipinski definition) is 4. The van der Waals surface area contributed by atoms with Crippen molar-refractivity contribution in [2.45, 2.75) is 13.5 Å². The molecule has 1 amide bonds. The van der Waals surface area contributed by atoms with Gasteiger partial charge in [-0.1, -0.05) is 17.7 Å². The number of carbonyl (C=O) groups is 1. The maximum atomic E-state index is 11.3. The highest BCUT2D eigenvalue weighted by Crippen LogP contribution is 2.14. The standard InChI is InChI=1S/C11H12ClN5O/c1-7-9(12)5-14-17(7)6-8-3-2-4-10(15-8)11(18)16-13/h2-5H,6,13H2,1H3,(H,16,18). The fourth-order valence-electron chi connectivity index (χ4n) is 1.50. The number of hydrazine groups is 1. The van der Waals surface area contributed by atoms with E-state index in [-0.39, 0.29) is 5.69 Å². The van der Waals surface area contributed by atoms with Crippen molar-refractivity contribution in [2.75, 3.05) is 0 Å². The van der Waals surface area contributed by atoms with Crippen molar-refractivity contribution in [3.8, 4) is 0 Å². The molecular weight excluding hydrogens is 254 g/mol. The Kier molecular flexibility index (Phi) is 3.59. The number of halogens is 1. The molecule has 0 radical (unpaired) electrons. The lowest BCUT2D eigenvalue weighted by Crippen LogP contribution is -2.30. The van der Waals surface area contributed by atoms with E-state index < -0.39 is 5.91 Å². The molecule has 0 bridgehead atoms. The van der Waals surface area contributed by atoms with E-state index in [9.17, 15) is 4.79 Å². The predicted octanol–water partition coefficient (Wildman–Crippen LogP) is 0.892. The first-order valence-corrected chi connectivity index (χ1v) is 5.64. The van der Waals surface area contributed by atoms with Crippen LogP contribution >= 0.6 is 11.6 Å². The minimum absolute atomic E-state index is 0.269. The zero-order valence-corrected chi connectivity index (χ0v) is 10.5. The van der Waals surface area contributed by atoms with Crippen molar-refractivity contribution in [1.82, 2.24) is 20.2 Å². The molecule has 0 aliphatic carbocycles. The fraction of sp³-hybridized carbons (Fsp3) is 0.182. The summed E-state index contributed by atoms with van der Waals surface area (Å²) in [6.45, 7) is 2.32. The first kappa shape index (κ1) is 12.5. The molecule has 0 saturated carbocycles. The number of amides is 1. The van der Waals surface area contributed by atoms with Crippen molar-refractivity contribution in [3.63, 3.8) is 0 Å². The third kappa shape index (κ3) is 2.49. The van der Waals surface area contributed by atoms with Crippen LogP contribution in [0.1, 0.15) is 21.9 Å². The van der Waals surface area contributed by atoms with Crippen molar-refractivity contribution in [1.29, 1.82) is 0 Å². The molecule has 0 saturated heterocycles. The molecule has 0 unspecified atom stereocenters. The molecule has 0 aromatic carbocycles. The molecule has 0 aliphatic heterocycles. The smallest absolute Gasteiger partial charge is 0.283 e. The zero-order valence-electron chi connectivity index (χ0n) is 9.72. The van der Waals surface area contributed by atoms with E-state index in [1.165, 1.54) is 0 Å². The van der Waals surface area contributed by atoms with Gasteiger partial charge in [0.2, 0.25) is 0 Å². The summed E-state index contributed by atoms with van der Waals surface area (Å²) in [4.78, 5) is 15.5. The van der Waals surface area contributed by atoms with Crippen molar-refractivity contribution in [3.05, 3.63) is 46.5 Å². The highest BCUT2D eigenvalue weighted by atomic mass is 35.5. The Bertz CT molecular complexity index is 581. The second-order valence-corrected chi connectivity index (χ2v) is 4.13. The summed E-state index contributed by atoms with van der Waals surface area (Å²) in [7, 11) is 0. The van der Waals surface area contributed by atoms with Gasteiger partial charge in [0, 0.05) is 0 Å². The number of nitrogens with two attached hydrogens (primary N) is 1. The second kappa shape index (κ2) is 5.16. The predicted molar refractivity (Wildman–Crippen MR) is 67.0 cm³/mol. The molecule has 0 fully saturated rings. The molecule has 2 aromatic rings. The fourth-order valence-corrected chi connectivity index (χ4v) is 1.65. The first-order valence-electron chi connectivity index (χ1n) is 5.26. The monoisotopic (exact) mass is 265 g/mol. The average Bonchev–Trinajstić information content (AvgIpc) is 2.70. The number of nitrogen functional groups attached to an aromatic ring is 1. The van der Waals surface area contributed by atoms with E-state index >= 15 is 0 Å². The lowest BCUT2D eigenvalue weighted by Gasteiger charge is -2.05. The minimum atomic E-state index is -0.424. The Labute approximate surface area is 109 Å². The van der Waals surface area contributed by atoms with E-state index in [2.05, 4.69) is 10.1 Å². The molecule has 3 N–H and O–H groups in total. The van der Waals surface area contributed by atoms with Gasteiger partial charge >= 0.3 is 0 Å². The molecular formula is C11H12ClN5O. The van der Waals surface area contributed by atoms with E-state index in [1.807, 2.05) is 18.4 Å². The lowest BCUT2D eigenvalue weighted by molar-refractivity contribution is 0.0948. The van der Waals surface area contributed by atoms with Gasteiger partial charge in [0.15, 0.2) is 0 Å². The maximum absolute atomic E-state index is 11.3. The van der Waals surface area contributed by atoms with Crippen LogP contribution in [0.2, 0.25) is 5.02 Å². The Morgan fingerprint density at radius 2 is 2.33 bits per heavy atom. The van der Waals surface area contributed by atoms with E-state index in [0.29, 0.717) is 17.3 Å². The quantitative estimate of drug-likeness (QED) is 0.490. The summed E-state index contributed by atoms with van der Waals surface area (Å²) in [5.74, 6) is 4.64. The molecule has 2 heterocycles. The molecule has 94 valence electrons. The van der Waals surface area contributed by atoms with Gasteiger partial charge in [0.1, 0.15) is 5.69 Å². The Hall–Kier alpha value is -1.92. The van der Waals surface area contributed by atoms with Crippen molar-refractivity contribution in [2.24, 2.45) is 5.84 Å². The minimum Gasteiger partial charge on any atom is -0.289 e. The number of aromatic nitrogens is 3. The molecule has 7 heteroatoms. The van der Waals surface area contributed by atoms with Gasteiger partial charge in [-0.3, -0.25) is 14.9 Å². The van der Waals surface area contributed by atoms with E-state index in [1.54, 1.807) is 23.0 Å². The molecule has 2 aromatic heterocycles. The van der Waals surface area contributed by atoms with Crippen LogP contribution in [0.4, 0.5) is 0 Å². The highest BCUT2D eigenvalue weighted by molar-refractivity contribution is 6.31. The Morgan fingerprint density at radius 3 is 2.94 bits per heavy atom. The van der Waals surface area contributed by atoms with Gasteiger partial charge in [0.25, 0.3) is 5.91 Å². The molecule has 0 atom stereocenters. The van der Waals surface area contributed by atoms with Gasteiger partial charge in [0.05, 0.1) is 29.2 Å². The van der Waals surface area contributed by atoms with Crippen LogP contribution in [0.15, 0.2) is 24.4 Å². The van der Waals surface area contributed by atoms with Gasteiger partial charge < -0.3 is 0 Å². The Morgan fingerprint density at radius 1 is 1.56 bits per heavy atom. The topological polar surface area (TPSA) is 85.8 Å². The maximum Gasteiger partial charge on any atom is 0.283 e. The van der Waals surface area contributed by atoms with Crippen LogP contribution in [0.25, 0.3) is 0 Å². The largest absolute Gasteiger partial charge is 0.289 e. The van der Waals surface area contributed by atoms with Crippen LogP contribution in [0.3, 0.4) is 0 Å². The summed E-state index contributed by atoms with van der Waals surface area (Å²) in [6, 6.07) is 5.14.